The fraction of sp³-hybridized carbons (Fsp3) is 0.571. The van der Waals surface area contributed by atoms with E-state index in [9.17, 15) is 0 Å². The van der Waals surface area contributed by atoms with E-state index < -0.39 is 5.60 Å². The maximum absolute atomic E-state index is 5.90. The quantitative estimate of drug-likeness (QED) is 0.938. The van der Waals surface area contributed by atoms with Crippen molar-refractivity contribution in [2.75, 3.05) is 12.8 Å². The topological polar surface area (TPSA) is 74.2 Å². The number of rotatable bonds is 3. The van der Waals surface area contributed by atoms with E-state index in [0.717, 1.165) is 36.5 Å². The van der Waals surface area contributed by atoms with Gasteiger partial charge >= 0.3 is 0 Å². The number of nitrogens with zero attached hydrogens (tertiary/aromatic N) is 2. The van der Waals surface area contributed by atoms with Gasteiger partial charge in [-0.2, -0.15) is 4.98 Å². The van der Waals surface area contributed by atoms with Gasteiger partial charge in [0, 0.05) is 7.11 Å². The number of methoxy groups -OCH3 is 1. The van der Waals surface area contributed by atoms with Gasteiger partial charge in [-0.25, -0.2) is 0 Å². The normalized spacial score (nSPS) is 26.8. The van der Waals surface area contributed by atoms with Gasteiger partial charge in [0.15, 0.2) is 0 Å². The highest BCUT2D eigenvalue weighted by Crippen LogP contribution is 2.41. The molecular weight excluding hydrogens is 274 g/mol. The van der Waals surface area contributed by atoms with Gasteiger partial charge in [-0.3, -0.25) is 0 Å². The summed E-state index contributed by atoms with van der Waals surface area (Å²) in [6.45, 7) is 2.27. The number of hydrogen-bond donors (Lipinski definition) is 1. The summed E-state index contributed by atoms with van der Waals surface area (Å²) in [6, 6.07) is 1.85. The largest absolute Gasteiger partial charge is 0.397 e. The highest BCUT2D eigenvalue weighted by molar-refractivity contribution is 7.14. The van der Waals surface area contributed by atoms with Gasteiger partial charge < -0.3 is 15.0 Å². The Morgan fingerprint density at radius 2 is 2.20 bits per heavy atom. The Kier molecular flexibility index (Phi) is 3.52. The molecule has 2 N–H and O–H groups in total. The molecule has 108 valence electrons. The van der Waals surface area contributed by atoms with Crippen molar-refractivity contribution in [2.45, 2.75) is 38.2 Å². The number of ether oxygens (including phenoxy) is 1. The molecule has 0 radical (unpaired) electrons. The monoisotopic (exact) mass is 293 g/mol. The Balaban J connectivity index is 1.91. The van der Waals surface area contributed by atoms with E-state index in [4.69, 9.17) is 15.0 Å². The summed E-state index contributed by atoms with van der Waals surface area (Å²) < 4.78 is 11.1. The molecule has 1 saturated carbocycles. The summed E-state index contributed by atoms with van der Waals surface area (Å²) in [5.41, 5.74) is 6.17. The lowest BCUT2D eigenvalue weighted by Gasteiger charge is -2.35. The second-order valence-corrected chi connectivity index (χ2v) is 6.43. The third-order valence-corrected chi connectivity index (χ3v) is 5.11. The zero-order chi connectivity index (χ0) is 14.2. The van der Waals surface area contributed by atoms with Crippen molar-refractivity contribution >= 4 is 17.0 Å². The van der Waals surface area contributed by atoms with Crippen molar-refractivity contribution in [3.63, 3.8) is 0 Å². The molecule has 0 atom stereocenters. The van der Waals surface area contributed by atoms with E-state index in [1.54, 1.807) is 7.11 Å². The Morgan fingerprint density at radius 1 is 1.45 bits per heavy atom. The van der Waals surface area contributed by atoms with Crippen LogP contribution in [0.3, 0.4) is 0 Å². The summed E-state index contributed by atoms with van der Waals surface area (Å²) in [5.74, 6) is 1.87. The van der Waals surface area contributed by atoms with Crippen LogP contribution in [0, 0.1) is 5.92 Å². The molecule has 0 amide bonds. The molecular formula is C14H19N3O2S. The van der Waals surface area contributed by atoms with Crippen LogP contribution in [0.25, 0.3) is 10.8 Å². The van der Waals surface area contributed by atoms with Crippen LogP contribution in [-0.2, 0) is 10.3 Å². The lowest BCUT2D eigenvalue weighted by Crippen LogP contribution is -2.34. The van der Waals surface area contributed by atoms with Crippen molar-refractivity contribution in [3.05, 3.63) is 17.3 Å². The highest BCUT2D eigenvalue weighted by Gasteiger charge is 2.40. The van der Waals surface area contributed by atoms with Crippen LogP contribution in [0.5, 0.6) is 0 Å². The van der Waals surface area contributed by atoms with E-state index in [-0.39, 0.29) is 0 Å². The minimum Gasteiger partial charge on any atom is -0.397 e. The molecule has 3 rings (SSSR count). The number of aromatic nitrogens is 2. The number of hydrogen-bond acceptors (Lipinski definition) is 6. The zero-order valence-electron chi connectivity index (χ0n) is 11.8. The molecule has 0 unspecified atom stereocenters. The van der Waals surface area contributed by atoms with Crippen LogP contribution in [0.15, 0.2) is 16.0 Å². The molecule has 1 aliphatic carbocycles. The summed E-state index contributed by atoms with van der Waals surface area (Å²) in [7, 11) is 1.73. The molecule has 0 spiro atoms. The Bertz CT molecular complexity index is 585. The van der Waals surface area contributed by atoms with E-state index in [2.05, 4.69) is 17.1 Å². The van der Waals surface area contributed by atoms with E-state index >= 15 is 0 Å². The number of nitrogen functional groups attached to an aromatic ring is 1. The molecule has 2 aromatic heterocycles. The Morgan fingerprint density at radius 3 is 2.80 bits per heavy atom. The third-order valence-electron chi connectivity index (χ3n) is 4.20. The number of thiophene rings is 1. The SMILES string of the molecule is COC1(c2noc(-c3sccc3N)n2)CCC(C)CC1. The Labute approximate surface area is 122 Å². The third kappa shape index (κ3) is 2.23. The van der Waals surface area contributed by atoms with Crippen LogP contribution in [0.2, 0.25) is 0 Å². The fourth-order valence-corrected chi connectivity index (χ4v) is 3.48. The van der Waals surface area contributed by atoms with Crippen molar-refractivity contribution in [3.8, 4) is 10.8 Å². The lowest BCUT2D eigenvalue weighted by atomic mass is 9.79. The molecule has 2 heterocycles. The number of anilines is 1. The van der Waals surface area contributed by atoms with Crippen LogP contribution < -0.4 is 5.73 Å². The summed E-state index contributed by atoms with van der Waals surface area (Å²) >= 11 is 1.51. The molecule has 0 bridgehead atoms. The molecule has 0 saturated heterocycles. The standard InChI is InChI=1S/C14H19N3O2S/c1-9-3-6-14(18-2,7-4-9)13-16-12(19-17-13)11-10(15)5-8-20-11/h5,8-9H,3-4,6-7,15H2,1-2H3. The van der Waals surface area contributed by atoms with Gasteiger partial charge in [0.05, 0.1) is 5.69 Å². The summed E-state index contributed by atoms with van der Waals surface area (Å²) in [4.78, 5) is 5.37. The first-order valence-electron chi connectivity index (χ1n) is 6.87. The summed E-state index contributed by atoms with van der Waals surface area (Å²) in [5, 5.41) is 6.06. The number of nitrogens with two attached hydrogens (primary N) is 1. The molecule has 20 heavy (non-hydrogen) atoms. The van der Waals surface area contributed by atoms with Crippen molar-refractivity contribution in [1.82, 2.24) is 10.1 Å². The smallest absolute Gasteiger partial charge is 0.270 e. The molecule has 6 heteroatoms. The molecule has 0 aliphatic heterocycles. The predicted octanol–water partition coefficient (Wildman–Crippen LogP) is 3.43. The lowest BCUT2D eigenvalue weighted by molar-refractivity contribution is -0.0609. The summed E-state index contributed by atoms with van der Waals surface area (Å²) in [6.07, 6.45) is 4.12. The fourth-order valence-electron chi connectivity index (χ4n) is 2.74. The first-order chi connectivity index (χ1) is 9.64. The second-order valence-electron chi connectivity index (χ2n) is 5.51. The van der Waals surface area contributed by atoms with Gasteiger partial charge in [-0.1, -0.05) is 12.1 Å². The van der Waals surface area contributed by atoms with Crippen LogP contribution in [0.1, 0.15) is 38.4 Å². The van der Waals surface area contributed by atoms with Gasteiger partial charge in [0.25, 0.3) is 5.89 Å². The van der Waals surface area contributed by atoms with Crippen LogP contribution in [-0.4, -0.2) is 17.3 Å². The second kappa shape index (κ2) is 5.18. The van der Waals surface area contributed by atoms with Crippen LogP contribution in [0.4, 0.5) is 5.69 Å². The Hall–Kier alpha value is -1.40. The van der Waals surface area contributed by atoms with E-state index in [1.165, 1.54) is 11.3 Å². The van der Waals surface area contributed by atoms with Crippen molar-refractivity contribution < 1.29 is 9.26 Å². The average Bonchev–Trinajstić information content (AvgIpc) is 3.09. The van der Waals surface area contributed by atoms with Gasteiger partial charge in [-0.05, 0) is 43.0 Å². The molecule has 2 aromatic rings. The van der Waals surface area contributed by atoms with Crippen LogP contribution >= 0.6 is 11.3 Å². The molecule has 5 nitrogen and oxygen atoms in total. The molecule has 1 fully saturated rings. The minimum atomic E-state index is -0.402. The first kappa shape index (κ1) is 13.6. The molecule has 1 aliphatic rings. The zero-order valence-corrected chi connectivity index (χ0v) is 12.6. The van der Waals surface area contributed by atoms with Gasteiger partial charge in [-0.15, -0.1) is 11.3 Å². The van der Waals surface area contributed by atoms with E-state index in [0.29, 0.717) is 17.4 Å². The maximum Gasteiger partial charge on any atom is 0.270 e. The maximum atomic E-state index is 5.90. The van der Waals surface area contributed by atoms with Crippen molar-refractivity contribution in [2.24, 2.45) is 5.92 Å². The van der Waals surface area contributed by atoms with E-state index in [1.807, 2.05) is 11.4 Å². The average molecular weight is 293 g/mol. The van der Waals surface area contributed by atoms with Gasteiger partial charge in [0.2, 0.25) is 5.82 Å². The molecule has 0 aromatic carbocycles. The van der Waals surface area contributed by atoms with Crippen molar-refractivity contribution in [1.29, 1.82) is 0 Å². The minimum absolute atomic E-state index is 0.402. The van der Waals surface area contributed by atoms with Gasteiger partial charge in [0.1, 0.15) is 10.5 Å². The predicted molar refractivity (Wildman–Crippen MR) is 78.3 cm³/mol. The first-order valence-corrected chi connectivity index (χ1v) is 7.75. The highest BCUT2D eigenvalue weighted by atomic mass is 32.1.